The van der Waals surface area contributed by atoms with Crippen LogP contribution in [0.1, 0.15) is 25.7 Å². The predicted octanol–water partition coefficient (Wildman–Crippen LogP) is 1.76. The molecule has 24 heavy (non-hydrogen) atoms. The van der Waals surface area contributed by atoms with Crippen LogP contribution in [0.3, 0.4) is 0 Å². The molecule has 2 aliphatic carbocycles. The molecule has 0 N–H and O–H groups in total. The van der Waals surface area contributed by atoms with Gasteiger partial charge in [-0.15, -0.1) is 0 Å². The SMILES string of the molecule is O=C1CC=CC=C1C(=O)OCCCCOC(=O)C1=CC=CCC1=O. The molecule has 0 aliphatic heterocycles. The van der Waals surface area contributed by atoms with Gasteiger partial charge in [0.1, 0.15) is 11.1 Å². The molecule has 2 aliphatic rings. The van der Waals surface area contributed by atoms with Crippen molar-refractivity contribution in [2.24, 2.45) is 0 Å². The van der Waals surface area contributed by atoms with Gasteiger partial charge in [-0.2, -0.15) is 0 Å². The lowest BCUT2D eigenvalue weighted by Gasteiger charge is -2.10. The van der Waals surface area contributed by atoms with E-state index >= 15 is 0 Å². The molecule has 0 radical (unpaired) electrons. The van der Waals surface area contributed by atoms with Crippen molar-refractivity contribution in [3.05, 3.63) is 47.6 Å². The third-order valence-electron chi connectivity index (χ3n) is 3.45. The van der Waals surface area contributed by atoms with Crippen LogP contribution in [0.25, 0.3) is 0 Å². The fourth-order valence-corrected chi connectivity index (χ4v) is 2.14. The summed E-state index contributed by atoms with van der Waals surface area (Å²) in [6.45, 7) is 0.268. The van der Waals surface area contributed by atoms with E-state index < -0.39 is 11.9 Å². The number of allylic oxidation sites excluding steroid dienone is 6. The van der Waals surface area contributed by atoms with Crippen LogP contribution >= 0.6 is 0 Å². The Labute approximate surface area is 139 Å². The molecule has 0 aromatic carbocycles. The van der Waals surface area contributed by atoms with Gasteiger partial charge in [0, 0.05) is 12.8 Å². The molecule has 0 spiro atoms. The van der Waals surface area contributed by atoms with Gasteiger partial charge in [-0.1, -0.05) is 24.3 Å². The zero-order valence-electron chi connectivity index (χ0n) is 13.2. The first-order valence-corrected chi connectivity index (χ1v) is 7.74. The topological polar surface area (TPSA) is 86.7 Å². The van der Waals surface area contributed by atoms with Crippen molar-refractivity contribution < 1.29 is 28.7 Å². The summed E-state index contributed by atoms with van der Waals surface area (Å²) >= 11 is 0. The highest BCUT2D eigenvalue weighted by atomic mass is 16.5. The predicted molar refractivity (Wildman–Crippen MR) is 84.8 cm³/mol. The van der Waals surface area contributed by atoms with Crippen LogP contribution in [0.15, 0.2) is 47.6 Å². The molecule has 0 saturated carbocycles. The molecule has 6 nitrogen and oxygen atoms in total. The molecule has 6 heteroatoms. The number of Topliss-reactive ketones (excluding diaryl/α,β-unsaturated/α-hetero) is 2. The van der Waals surface area contributed by atoms with E-state index in [9.17, 15) is 19.2 Å². The molecule has 0 amide bonds. The molecule has 126 valence electrons. The summed E-state index contributed by atoms with van der Waals surface area (Å²) in [6.07, 6.45) is 10.9. The molecule has 0 atom stereocenters. The van der Waals surface area contributed by atoms with Gasteiger partial charge < -0.3 is 9.47 Å². The Balaban J connectivity index is 1.62. The first kappa shape index (κ1) is 17.6. The normalized spacial score (nSPS) is 16.5. The molecule has 0 bridgehead atoms. The highest BCUT2D eigenvalue weighted by Gasteiger charge is 2.20. The van der Waals surface area contributed by atoms with Crippen molar-refractivity contribution in [1.29, 1.82) is 0 Å². The van der Waals surface area contributed by atoms with Crippen molar-refractivity contribution in [3.8, 4) is 0 Å². The molecule has 0 fully saturated rings. The number of ketones is 2. The van der Waals surface area contributed by atoms with E-state index in [1.54, 1.807) is 24.3 Å². The molecule has 0 heterocycles. The highest BCUT2D eigenvalue weighted by molar-refractivity contribution is 6.19. The zero-order chi connectivity index (χ0) is 17.4. The standard InChI is InChI=1S/C18H18O6/c19-15-9-3-1-7-13(15)17(21)23-11-5-6-12-24-18(22)14-8-2-4-10-16(14)20/h1-4,7-8H,5-6,9-12H2. The smallest absolute Gasteiger partial charge is 0.341 e. The van der Waals surface area contributed by atoms with Crippen LogP contribution in [0, 0.1) is 0 Å². The van der Waals surface area contributed by atoms with Crippen LogP contribution in [0.2, 0.25) is 0 Å². The van der Waals surface area contributed by atoms with Crippen LogP contribution in [0.5, 0.6) is 0 Å². The highest BCUT2D eigenvalue weighted by Crippen LogP contribution is 2.11. The van der Waals surface area contributed by atoms with Gasteiger partial charge in [0.2, 0.25) is 0 Å². The van der Waals surface area contributed by atoms with E-state index in [-0.39, 0.29) is 48.8 Å². The summed E-state index contributed by atoms with van der Waals surface area (Å²) < 4.78 is 10.0. The zero-order valence-corrected chi connectivity index (χ0v) is 13.2. The maximum Gasteiger partial charge on any atom is 0.341 e. The summed E-state index contributed by atoms with van der Waals surface area (Å²) in [4.78, 5) is 46.4. The maximum absolute atomic E-state index is 11.7. The number of unbranched alkanes of at least 4 members (excludes halogenated alkanes) is 1. The molecule has 0 aromatic heterocycles. The third kappa shape index (κ3) is 4.87. The van der Waals surface area contributed by atoms with E-state index in [0.29, 0.717) is 12.8 Å². The first-order chi connectivity index (χ1) is 11.6. The van der Waals surface area contributed by atoms with E-state index in [1.165, 1.54) is 12.2 Å². The van der Waals surface area contributed by atoms with E-state index in [4.69, 9.17) is 9.47 Å². The summed E-state index contributed by atoms with van der Waals surface area (Å²) in [6, 6.07) is 0. The minimum absolute atomic E-state index is 0.0553. The second-order valence-electron chi connectivity index (χ2n) is 5.25. The monoisotopic (exact) mass is 330 g/mol. The number of ether oxygens (including phenoxy) is 2. The summed E-state index contributed by atoms with van der Waals surface area (Å²) in [5, 5.41) is 0. The van der Waals surface area contributed by atoms with Gasteiger partial charge in [0.15, 0.2) is 11.6 Å². The van der Waals surface area contributed by atoms with Crippen LogP contribution in [-0.2, 0) is 28.7 Å². The van der Waals surface area contributed by atoms with Crippen molar-refractivity contribution in [2.45, 2.75) is 25.7 Å². The number of carbonyl (C=O) groups is 4. The average molecular weight is 330 g/mol. The molecule has 0 unspecified atom stereocenters. The number of hydrogen-bond donors (Lipinski definition) is 0. The van der Waals surface area contributed by atoms with Gasteiger partial charge in [0.25, 0.3) is 0 Å². The Morgan fingerprint density at radius 3 is 1.58 bits per heavy atom. The maximum atomic E-state index is 11.7. The Kier molecular flexibility index (Phi) is 6.42. The lowest BCUT2D eigenvalue weighted by molar-refractivity contribution is -0.143. The lowest BCUT2D eigenvalue weighted by Crippen LogP contribution is -2.18. The Bertz CT molecular complexity index is 605. The lowest BCUT2D eigenvalue weighted by atomic mass is 10.0. The van der Waals surface area contributed by atoms with Crippen molar-refractivity contribution in [3.63, 3.8) is 0 Å². The summed E-state index contributed by atoms with van der Waals surface area (Å²) in [5.74, 6) is -1.77. The van der Waals surface area contributed by atoms with Gasteiger partial charge in [-0.05, 0) is 25.0 Å². The Morgan fingerprint density at radius 2 is 1.21 bits per heavy atom. The van der Waals surface area contributed by atoms with Crippen LogP contribution in [0.4, 0.5) is 0 Å². The van der Waals surface area contributed by atoms with Crippen molar-refractivity contribution >= 4 is 23.5 Å². The Morgan fingerprint density at radius 1 is 0.792 bits per heavy atom. The molecule has 2 rings (SSSR count). The average Bonchev–Trinajstić information content (AvgIpc) is 2.58. The molecule has 0 saturated heterocycles. The minimum atomic E-state index is -0.633. The summed E-state index contributed by atoms with van der Waals surface area (Å²) in [7, 11) is 0. The van der Waals surface area contributed by atoms with Crippen LogP contribution < -0.4 is 0 Å². The molecular weight excluding hydrogens is 312 g/mol. The number of carbonyl (C=O) groups excluding carboxylic acids is 4. The summed E-state index contributed by atoms with van der Waals surface area (Å²) in [5.41, 5.74) is 0.111. The van der Waals surface area contributed by atoms with Gasteiger partial charge >= 0.3 is 11.9 Å². The first-order valence-electron chi connectivity index (χ1n) is 7.74. The van der Waals surface area contributed by atoms with Gasteiger partial charge in [-0.25, -0.2) is 9.59 Å². The van der Waals surface area contributed by atoms with Crippen LogP contribution in [-0.4, -0.2) is 36.7 Å². The molecule has 0 aromatic rings. The van der Waals surface area contributed by atoms with E-state index in [1.807, 2.05) is 0 Å². The van der Waals surface area contributed by atoms with Gasteiger partial charge in [-0.3, -0.25) is 9.59 Å². The number of rotatable bonds is 7. The van der Waals surface area contributed by atoms with E-state index in [2.05, 4.69) is 0 Å². The fourth-order valence-electron chi connectivity index (χ4n) is 2.14. The fraction of sp³-hybridized carbons (Fsp3) is 0.333. The van der Waals surface area contributed by atoms with E-state index in [0.717, 1.165) is 0 Å². The van der Waals surface area contributed by atoms with Gasteiger partial charge in [0.05, 0.1) is 13.2 Å². The van der Waals surface area contributed by atoms with Crippen molar-refractivity contribution in [1.82, 2.24) is 0 Å². The van der Waals surface area contributed by atoms with Crippen molar-refractivity contribution in [2.75, 3.05) is 13.2 Å². The molecular formula is C18H18O6. The Hall–Kier alpha value is -2.76. The largest absolute Gasteiger partial charge is 0.462 e. The number of hydrogen-bond acceptors (Lipinski definition) is 6. The quantitative estimate of drug-likeness (QED) is 0.402. The second kappa shape index (κ2) is 8.76. The second-order valence-corrected chi connectivity index (χ2v) is 5.25. The number of esters is 2. The minimum Gasteiger partial charge on any atom is -0.462 e. The third-order valence-corrected chi connectivity index (χ3v) is 3.45.